The van der Waals surface area contributed by atoms with Gasteiger partial charge in [0.25, 0.3) is 5.91 Å². The summed E-state index contributed by atoms with van der Waals surface area (Å²) in [5.41, 5.74) is 1.02. The van der Waals surface area contributed by atoms with Crippen LogP contribution in [-0.2, 0) is 4.79 Å². The molecule has 1 heterocycles. The van der Waals surface area contributed by atoms with Crippen molar-refractivity contribution in [2.24, 2.45) is 0 Å². The quantitative estimate of drug-likeness (QED) is 0.525. The van der Waals surface area contributed by atoms with E-state index in [-0.39, 0.29) is 11.9 Å². The first kappa shape index (κ1) is 17.6. The van der Waals surface area contributed by atoms with Crippen molar-refractivity contribution in [3.63, 3.8) is 0 Å². The molecule has 0 radical (unpaired) electrons. The molecule has 2 aromatic rings. The Hall–Kier alpha value is -1.85. The molecule has 0 N–H and O–H groups in total. The molecule has 1 aliphatic carbocycles. The van der Waals surface area contributed by atoms with Gasteiger partial charge < -0.3 is 4.74 Å². The standard InChI is InChI=1S/C21H21NO2S2/c1-24-18-12-11-14(16-9-5-6-10-17(16)18)13-19-20(23)22(21(25)26-19)15-7-3-2-4-8-15/h5-6,9-13,15H,2-4,7-8H2,1H3/b19-13-. The topological polar surface area (TPSA) is 29.5 Å². The second-order valence-corrected chi connectivity index (χ2v) is 8.42. The predicted octanol–water partition coefficient (Wildman–Crippen LogP) is 5.38. The smallest absolute Gasteiger partial charge is 0.266 e. The zero-order valence-corrected chi connectivity index (χ0v) is 16.4. The maximum Gasteiger partial charge on any atom is 0.266 e. The first-order valence-corrected chi connectivity index (χ1v) is 10.2. The Labute approximate surface area is 163 Å². The fraction of sp³-hybridized carbons (Fsp3) is 0.333. The van der Waals surface area contributed by atoms with Gasteiger partial charge in [-0.3, -0.25) is 9.69 Å². The van der Waals surface area contributed by atoms with Crippen molar-refractivity contribution in [1.82, 2.24) is 4.90 Å². The highest BCUT2D eigenvalue weighted by atomic mass is 32.2. The van der Waals surface area contributed by atoms with Gasteiger partial charge >= 0.3 is 0 Å². The van der Waals surface area contributed by atoms with Crippen LogP contribution in [0, 0.1) is 0 Å². The molecule has 5 heteroatoms. The third-order valence-electron chi connectivity index (χ3n) is 5.19. The molecule has 0 spiro atoms. The minimum atomic E-state index is 0.0619. The van der Waals surface area contributed by atoms with Gasteiger partial charge in [-0.05, 0) is 35.9 Å². The summed E-state index contributed by atoms with van der Waals surface area (Å²) in [5, 5.41) is 2.13. The van der Waals surface area contributed by atoms with Gasteiger partial charge in [-0.15, -0.1) is 0 Å². The highest BCUT2D eigenvalue weighted by Crippen LogP contribution is 2.38. The van der Waals surface area contributed by atoms with Crippen LogP contribution in [0.4, 0.5) is 0 Å². The van der Waals surface area contributed by atoms with Crippen LogP contribution in [0.25, 0.3) is 16.8 Å². The number of fused-ring (bicyclic) bond motifs is 1. The molecule has 134 valence electrons. The SMILES string of the molecule is COc1ccc(/C=C2\SC(=S)N(C3CCCCC3)C2=O)c2ccccc12. The number of rotatable bonds is 3. The highest BCUT2D eigenvalue weighted by Gasteiger charge is 2.37. The lowest BCUT2D eigenvalue weighted by Crippen LogP contribution is -2.39. The van der Waals surface area contributed by atoms with Crippen LogP contribution in [0.15, 0.2) is 41.3 Å². The number of thioether (sulfide) groups is 1. The van der Waals surface area contributed by atoms with Crippen molar-refractivity contribution in [2.45, 2.75) is 38.1 Å². The zero-order valence-electron chi connectivity index (χ0n) is 14.7. The van der Waals surface area contributed by atoms with Crippen LogP contribution in [0.3, 0.4) is 0 Å². The molecule has 0 unspecified atom stereocenters. The van der Waals surface area contributed by atoms with Crippen LogP contribution in [0.2, 0.25) is 0 Å². The van der Waals surface area contributed by atoms with Gasteiger partial charge in [0.1, 0.15) is 10.1 Å². The van der Waals surface area contributed by atoms with E-state index in [4.69, 9.17) is 17.0 Å². The van der Waals surface area contributed by atoms with Crippen LogP contribution in [0.5, 0.6) is 5.75 Å². The van der Waals surface area contributed by atoms with Crippen molar-refractivity contribution in [1.29, 1.82) is 0 Å². The third-order valence-corrected chi connectivity index (χ3v) is 6.52. The summed E-state index contributed by atoms with van der Waals surface area (Å²) >= 11 is 6.96. The maximum atomic E-state index is 13.0. The van der Waals surface area contributed by atoms with Crippen molar-refractivity contribution in [3.05, 3.63) is 46.9 Å². The number of nitrogens with zero attached hydrogens (tertiary/aromatic N) is 1. The summed E-state index contributed by atoms with van der Waals surface area (Å²) in [5.74, 6) is 0.902. The zero-order chi connectivity index (χ0) is 18.1. The normalized spacial score (nSPS) is 20.3. The van der Waals surface area contributed by atoms with Gasteiger partial charge in [0.05, 0.1) is 12.0 Å². The first-order chi connectivity index (χ1) is 12.7. The van der Waals surface area contributed by atoms with Crippen molar-refractivity contribution in [2.75, 3.05) is 7.11 Å². The number of benzene rings is 2. The summed E-state index contributed by atoms with van der Waals surface area (Å²) in [6.45, 7) is 0. The van der Waals surface area contributed by atoms with Crippen LogP contribution in [-0.4, -0.2) is 28.3 Å². The lowest BCUT2D eigenvalue weighted by Gasteiger charge is -2.29. The number of hydrogen-bond donors (Lipinski definition) is 0. The molecule has 3 nitrogen and oxygen atoms in total. The lowest BCUT2D eigenvalue weighted by molar-refractivity contribution is -0.124. The van der Waals surface area contributed by atoms with Gasteiger partial charge in [-0.25, -0.2) is 0 Å². The molecule has 0 atom stereocenters. The Balaban J connectivity index is 1.70. The largest absolute Gasteiger partial charge is 0.496 e. The first-order valence-electron chi connectivity index (χ1n) is 9.02. The average Bonchev–Trinajstić information content (AvgIpc) is 2.96. The molecule has 1 amide bonds. The molecule has 2 aromatic carbocycles. The van der Waals surface area contributed by atoms with E-state index < -0.39 is 0 Å². The van der Waals surface area contributed by atoms with E-state index in [9.17, 15) is 4.79 Å². The van der Waals surface area contributed by atoms with E-state index in [1.807, 2.05) is 41.3 Å². The number of thiocarbonyl (C=S) groups is 1. The van der Waals surface area contributed by atoms with E-state index in [1.165, 1.54) is 31.0 Å². The molecular weight excluding hydrogens is 362 g/mol. The van der Waals surface area contributed by atoms with Crippen LogP contribution in [0.1, 0.15) is 37.7 Å². The van der Waals surface area contributed by atoms with E-state index in [0.717, 1.165) is 39.8 Å². The Morgan fingerprint density at radius 3 is 2.58 bits per heavy atom. The summed E-state index contributed by atoms with van der Waals surface area (Å²) < 4.78 is 6.17. The molecule has 1 saturated carbocycles. The fourth-order valence-corrected chi connectivity index (χ4v) is 5.27. The highest BCUT2D eigenvalue weighted by molar-refractivity contribution is 8.26. The third kappa shape index (κ3) is 3.14. The monoisotopic (exact) mass is 383 g/mol. The van der Waals surface area contributed by atoms with E-state index in [2.05, 4.69) is 6.07 Å². The molecule has 1 aliphatic heterocycles. The van der Waals surface area contributed by atoms with E-state index >= 15 is 0 Å². The number of amides is 1. The minimum absolute atomic E-state index is 0.0619. The number of ether oxygens (including phenoxy) is 1. The molecule has 2 aliphatic rings. The summed E-state index contributed by atoms with van der Waals surface area (Å²) in [4.78, 5) is 15.6. The number of carbonyl (C=O) groups excluding carboxylic acids is 1. The number of methoxy groups -OCH3 is 1. The van der Waals surface area contributed by atoms with Crippen LogP contribution >= 0.6 is 24.0 Å². The molecule has 0 aromatic heterocycles. The van der Waals surface area contributed by atoms with E-state index in [1.54, 1.807) is 7.11 Å². The molecule has 2 fully saturated rings. The average molecular weight is 384 g/mol. The van der Waals surface area contributed by atoms with Gasteiger partial charge in [0, 0.05) is 11.4 Å². The lowest BCUT2D eigenvalue weighted by atomic mass is 9.94. The van der Waals surface area contributed by atoms with Gasteiger partial charge in [0.2, 0.25) is 0 Å². The molecule has 1 saturated heterocycles. The van der Waals surface area contributed by atoms with Crippen molar-refractivity contribution < 1.29 is 9.53 Å². The van der Waals surface area contributed by atoms with Crippen LogP contribution < -0.4 is 4.74 Å². The summed E-state index contributed by atoms with van der Waals surface area (Å²) in [6, 6.07) is 12.3. The Kier molecular flexibility index (Phi) is 5.00. The van der Waals surface area contributed by atoms with Crippen molar-refractivity contribution >= 4 is 51.1 Å². The van der Waals surface area contributed by atoms with Gasteiger partial charge in [-0.2, -0.15) is 0 Å². The Morgan fingerprint density at radius 2 is 1.85 bits per heavy atom. The Morgan fingerprint density at radius 1 is 1.12 bits per heavy atom. The summed E-state index contributed by atoms with van der Waals surface area (Å²) in [7, 11) is 1.68. The van der Waals surface area contributed by atoms with Gasteiger partial charge in [-0.1, -0.05) is 73.6 Å². The molecule has 0 bridgehead atoms. The van der Waals surface area contributed by atoms with Crippen molar-refractivity contribution in [3.8, 4) is 5.75 Å². The second kappa shape index (κ2) is 7.41. The molecular formula is C21H21NO2S2. The predicted molar refractivity (Wildman–Crippen MR) is 112 cm³/mol. The second-order valence-electron chi connectivity index (χ2n) is 6.75. The van der Waals surface area contributed by atoms with Gasteiger partial charge in [0.15, 0.2) is 0 Å². The number of hydrogen-bond acceptors (Lipinski definition) is 4. The fourth-order valence-electron chi connectivity index (χ4n) is 3.87. The maximum absolute atomic E-state index is 13.0. The molecule has 4 rings (SSSR count). The summed E-state index contributed by atoms with van der Waals surface area (Å²) in [6.07, 6.45) is 7.73. The van der Waals surface area contributed by atoms with E-state index in [0.29, 0.717) is 4.32 Å². The molecule has 26 heavy (non-hydrogen) atoms. The Bertz CT molecular complexity index is 900. The minimum Gasteiger partial charge on any atom is -0.496 e. The number of carbonyl (C=O) groups is 1.